The standard InChI is InChI=1S/C25H30N2O3/c1-16-7-12-20(17(2)15-16)21-22(26(6)13-14-28)24(30)27(23(21)29)19-10-8-18(9-11-19)25(3,4)5/h7-12,15,28H,13-14H2,1-6H3. The molecule has 1 aliphatic rings. The lowest BCUT2D eigenvalue weighted by Gasteiger charge is -2.22. The van der Waals surface area contributed by atoms with E-state index in [4.69, 9.17) is 0 Å². The third kappa shape index (κ3) is 3.90. The van der Waals surface area contributed by atoms with E-state index in [9.17, 15) is 14.7 Å². The number of nitrogens with zero attached hydrogens (tertiary/aromatic N) is 2. The number of likely N-dealkylation sites (N-methyl/N-ethyl adjacent to an activating group) is 1. The first-order valence-corrected chi connectivity index (χ1v) is 10.2. The summed E-state index contributed by atoms with van der Waals surface area (Å²) in [5, 5.41) is 9.41. The Morgan fingerprint density at radius 3 is 2.13 bits per heavy atom. The molecule has 0 bridgehead atoms. The average Bonchev–Trinajstić information content (AvgIpc) is 2.92. The van der Waals surface area contributed by atoms with E-state index in [-0.39, 0.29) is 30.4 Å². The maximum absolute atomic E-state index is 13.5. The van der Waals surface area contributed by atoms with Gasteiger partial charge in [-0.3, -0.25) is 9.59 Å². The molecule has 2 aromatic carbocycles. The van der Waals surface area contributed by atoms with Crippen molar-refractivity contribution in [2.45, 2.75) is 40.0 Å². The van der Waals surface area contributed by atoms with Crippen LogP contribution in [0.2, 0.25) is 0 Å². The molecule has 5 nitrogen and oxygen atoms in total. The predicted molar refractivity (Wildman–Crippen MR) is 120 cm³/mol. The fraction of sp³-hybridized carbons (Fsp3) is 0.360. The number of aliphatic hydroxyl groups excluding tert-OH is 1. The van der Waals surface area contributed by atoms with Gasteiger partial charge in [0.25, 0.3) is 11.8 Å². The number of hydrogen-bond donors (Lipinski definition) is 1. The van der Waals surface area contributed by atoms with Crippen LogP contribution in [0.5, 0.6) is 0 Å². The molecule has 1 N–H and O–H groups in total. The lowest BCUT2D eigenvalue weighted by Crippen LogP contribution is -2.35. The number of anilines is 1. The second-order valence-electron chi connectivity index (χ2n) is 8.93. The smallest absolute Gasteiger partial charge is 0.282 e. The Hall–Kier alpha value is -2.92. The Kier molecular flexibility index (Phi) is 5.86. The molecule has 158 valence electrons. The number of carbonyl (C=O) groups excluding carboxylic acids is 2. The van der Waals surface area contributed by atoms with Gasteiger partial charge in [-0.15, -0.1) is 0 Å². The van der Waals surface area contributed by atoms with Gasteiger partial charge in [-0.2, -0.15) is 0 Å². The molecule has 0 saturated heterocycles. The van der Waals surface area contributed by atoms with Gasteiger partial charge in [0.1, 0.15) is 5.70 Å². The summed E-state index contributed by atoms with van der Waals surface area (Å²) in [5.41, 5.74) is 5.13. The van der Waals surface area contributed by atoms with Crippen molar-refractivity contribution in [2.75, 3.05) is 25.1 Å². The molecule has 2 aromatic rings. The third-order valence-corrected chi connectivity index (χ3v) is 5.52. The van der Waals surface area contributed by atoms with Crippen molar-refractivity contribution in [1.82, 2.24) is 4.90 Å². The van der Waals surface area contributed by atoms with Crippen molar-refractivity contribution >= 4 is 23.1 Å². The van der Waals surface area contributed by atoms with Gasteiger partial charge in [-0.25, -0.2) is 4.90 Å². The number of rotatable bonds is 5. The number of hydrogen-bond acceptors (Lipinski definition) is 4. The summed E-state index contributed by atoms with van der Waals surface area (Å²) in [6.07, 6.45) is 0. The van der Waals surface area contributed by atoms with Crippen molar-refractivity contribution in [3.05, 3.63) is 70.4 Å². The number of aryl methyl sites for hydroxylation is 2. The molecule has 0 fully saturated rings. The van der Waals surface area contributed by atoms with Gasteiger partial charge < -0.3 is 10.0 Å². The first kappa shape index (κ1) is 21.8. The molecule has 0 unspecified atom stereocenters. The highest BCUT2D eigenvalue weighted by Crippen LogP contribution is 2.36. The van der Waals surface area contributed by atoms with Gasteiger partial charge in [0.2, 0.25) is 0 Å². The van der Waals surface area contributed by atoms with E-state index in [1.165, 1.54) is 4.90 Å². The van der Waals surface area contributed by atoms with Crippen LogP contribution >= 0.6 is 0 Å². The molecule has 1 heterocycles. The Morgan fingerprint density at radius 1 is 0.967 bits per heavy atom. The fourth-order valence-electron chi connectivity index (χ4n) is 3.82. The van der Waals surface area contributed by atoms with E-state index in [0.29, 0.717) is 17.0 Å². The Balaban J connectivity index is 2.11. The predicted octanol–water partition coefficient (Wildman–Crippen LogP) is 3.81. The van der Waals surface area contributed by atoms with Gasteiger partial charge in [-0.05, 0) is 48.1 Å². The van der Waals surface area contributed by atoms with Gasteiger partial charge in [-0.1, -0.05) is 56.7 Å². The number of amides is 2. The molecular formula is C25H30N2O3. The third-order valence-electron chi connectivity index (χ3n) is 5.52. The summed E-state index contributed by atoms with van der Waals surface area (Å²) >= 11 is 0. The minimum Gasteiger partial charge on any atom is -0.395 e. The zero-order valence-corrected chi connectivity index (χ0v) is 18.6. The van der Waals surface area contributed by atoms with E-state index in [1.54, 1.807) is 11.9 Å². The normalized spacial score (nSPS) is 14.7. The Bertz CT molecular complexity index is 1010. The van der Waals surface area contributed by atoms with E-state index < -0.39 is 0 Å². The van der Waals surface area contributed by atoms with Crippen LogP contribution in [0, 0.1) is 13.8 Å². The molecule has 2 amide bonds. The van der Waals surface area contributed by atoms with Crippen molar-refractivity contribution in [1.29, 1.82) is 0 Å². The molecule has 0 spiro atoms. The minimum atomic E-state index is -0.366. The topological polar surface area (TPSA) is 60.9 Å². The van der Waals surface area contributed by atoms with Crippen LogP contribution in [0.1, 0.15) is 43.0 Å². The highest BCUT2D eigenvalue weighted by molar-refractivity contribution is 6.45. The van der Waals surface area contributed by atoms with Gasteiger partial charge in [0.15, 0.2) is 0 Å². The quantitative estimate of drug-likeness (QED) is 0.767. The Morgan fingerprint density at radius 2 is 1.60 bits per heavy atom. The fourth-order valence-corrected chi connectivity index (χ4v) is 3.82. The summed E-state index contributed by atoms with van der Waals surface area (Å²) in [4.78, 5) is 29.8. The summed E-state index contributed by atoms with van der Waals surface area (Å²) in [6, 6.07) is 13.4. The first-order chi connectivity index (χ1) is 14.1. The van der Waals surface area contributed by atoms with Crippen molar-refractivity contribution in [2.24, 2.45) is 0 Å². The molecule has 5 heteroatoms. The van der Waals surface area contributed by atoms with Gasteiger partial charge in [0, 0.05) is 13.6 Å². The summed E-state index contributed by atoms with van der Waals surface area (Å²) in [7, 11) is 1.73. The van der Waals surface area contributed by atoms with Crippen LogP contribution in [0.25, 0.3) is 5.57 Å². The zero-order chi connectivity index (χ0) is 22.2. The molecule has 0 atom stereocenters. The summed E-state index contributed by atoms with van der Waals surface area (Å²) in [6.45, 7) is 10.5. The molecule has 0 aliphatic carbocycles. The highest BCUT2D eigenvalue weighted by atomic mass is 16.3. The van der Waals surface area contributed by atoms with Gasteiger partial charge >= 0.3 is 0 Å². The van der Waals surface area contributed by atoms with E-state index in [2.05, 4.69) is 20.8 Å². The van der Waals surface area contributed by atoms with Crippen molar-refractivity contribution in [3.8, 4) is 0 Å². The molecule has 0 saturated carbocycles. The largest absolute Gasteiger partial charge is 0.395 e. The maximum Gasteiger partial charge on any atom is 0.282 e. The minimum absolute atomic E-state index is 0.0213. The highest BCUT2D eigenvalue weighted by Gasteiger charge is 2.42. The molecular weight excluding hydrogens is 376 g/mol. The van der Waals surface area contributed by atoms with Crippen LogP contribution in [0.15, 0.2) is 48.2 Å². The second-order valence-corrected chi connectivity index (χ2v) is 8.93. The number of benzene rings is 2. The Labute approximate surface area is 178 Å². The van der Waals surface area contributed by atoms with Crippen LogP contribution in [0.4, 0.5) is 5.69 Å². The van der Waals surface area contributed by atoms with Crippen LogP contribution in [0.3, 0.4) is 0 Å². The second kappa shape index (κ2) is 8.07. The number of carbonyl (C=O) groups is 2. The van der Waals surface area contributed by atoms with Crippen LogP contribution in [-0.4, -0.2) is 42.0 Å². The maximum atomic E-state index is 13.5. The zero-order valence-electron chi connectivity index (χ0n) is 18.6. The van der Waals surface area contributed by atoms with E-state index >= 15 is 0 Å². The van der Waals surface area contributed by atoms with Gasteiger partial charge in [0.05, 0.1) is 17.9 Å². The van der Waals surface area contributed by atoms with Crippen molar-refractivity contribution in [3.63, 3.8) is 0 Å². The van der Waals surface area contributed by atoms with E-state index in [0.717, 1.165) is 22.3 Å². The number of aliphatic hydroxyl groups is 1. The lowest BCUT2D eigenvalue weighted by atomic mass is 9.87. The average molecular weight is 407 g/mol. The molecule has 1 aliphatic heterocycles. The lowest BCUT2D eigenvalue weighted by molar-refractivity contribution is -0.120. The van der Waals surface area contributed by atoms with Crippen LogP contribution < -0.4 is 4.90 Å². The summed E-state index contributed by atoms with van der Waals surface area (Å²) in [5.74, 6) is -0.704. The monoisotopic (exact) mass is 406 g/mol. The van der Waals surface area contributed by atoms with Crippen LogP contribution in [-0.2, 0) is 15.0 Å². The van der Waals surface area contributed by atoms with Crippen molar-refractivity contribution < 1.29 is 14.7 Å². The summed E-state index contributed by atoms with van der Waals surface area (Å²) < 4.78 is 0. The van der Waals surface area contributed by atoms with E-state index in [1.807, 2.05) is 56.3 Å². The molecule has 3 rings (SSSR count). The number of imide groups is 1. The first-order valence-electron chi connectivity index (χ1n) is 10.2. The molecule has 30 heavy (non-hydrogen) atoms. The molecule has 0 radical (unpaired) electrons. The molecule has 0 aromatic heterocycles. The SMILES string of the molecule is Cc1ccc(C2=C(N(C)CCO)C(=O)N(c3ccc(C(C)(C)C)cc3)C2=O)c(C)c1.